The van der Waals surface area contributed by atoms with E-state index < -0.39 is 0 Å². The molecule has 1 saturated carbocycles. The van der Waals surface area contributed by atoms with Gasteiger partial charge >= 0.3 is 5.97 Å². The first-order chi connectivity index (χ1) is 7.19. The normalized spacial score (nSPS) is 26.7. The second kappa shape index (κ2) is 6.14. The summed E-state index contributed by atoms with van der Waals surface area (Å²) in [6, 6.07) is 0. The summed E-state index contributed by atoms with van der Waals surface area (Å²) in [6.07, 6.45) is 6.76. The third-order valence-electron chi connectivity index (χ3n) is 3.62. The Balaban J connectivity index is 2.41. The van der Waals surface area contributed by atoms with Gasteiger partial charge in [-0.15, -0.1) is 0 Å². The Bertz CT molecular complexity index is 197. The number of carbonyl (C=O) groups is 1. The summed E-state index contributed by atoms with van der Waals surface area (Å²) in [5, 5.41) is 0. The van der Waals surface area contributed by atoms with E-state index in [2.05, 4.69) is 20.8 Å². The molecule has 1 aliphatic rings. The third-order valence-corrected chi connectivity index (χ3v) is 3.62. The quantitative estimate of drug-likeness (QED) is 0.666. The molecule has 2 atom stereocenters. The smallest absolute Gasteiger partial charge is 0.309 e. The second-order valence-corrected chi connectivity index (χ2v) is 4.75. The van der Waals surface area contributed by atoms with E-state index >= 15 is 0 Å². The van der Waals surface area contributed by atoms with Gasteiger partial charge in [0, 0.05) is 0 Å². The van der Waals surface area contributed by atoms with Crippen LogP contribution in [0.5, 0.6) is 0 Å². The number of hydrogen-bond acceptors (Lipinski definition) is 2. The lowest BCUT2D eigenvalue weighted by Crippen LogP contribution is -2.30. The summed E-state index contributed by atoms with van der Waals surface area (Å²) >= 11 is 0. The fourth-order valence-electron chi connectivity index (χ4n) is 2.32. The second-order valence-electron chi connectivity index (χ2n) is 4.75. The van der Waals surface area contributed by atoms with E-state index in [0.717, 1.165) is 19.3 Å². The molecule has 15 heavy (non-hydrogen) atoms. The van der Waals surface area contributed by atoms with Gasteiger partial charge in [0.15, 0.2) is 0 Å². The number of esters is 1. The van der Waals surface area contributed by atoms with Gasteiger partial charge in [-0.05, 0) is 38.0 Å². The van der Waals surface area contributed by atoms with Gasteiger partial charge in [-0.3, -0.25) is 4.79 Å². The molecule has 1 rings (SSSR count). The maximum absolute atomic E-state index is 11.8. The van der Waals surface area contributed by atoms with Gasteiger partial charge in [-0.2, -0.15) is 0 Å². The van der Waals surface area contributed by atoms with Crippen molar-refractivity contribution in [2.45, 2.75) is 65.4 Å². The molecule has 0 amide bonds. The van der Waals surface area contributed by atoms with Crippen LogP contribution in [0, 0.1) is 11.8 Å². The van der Waals surface area contributed by atoms with Gasteiger partial charge < -0.3 is 4.74 Å². The van der Waals surface area contributed by atoms with E-state index in [1.54, 1.807) is 0 Å². The molecule has 0 aliphatic heterocycles. The van der Waals surface area contributed by atoms with Gasteiger partial charge in [0.25, 0.3) is 0 Å². The van der Waals surface area contributed by atoms with Crippen LogP contribution in [0.1, 0.15) is 59.3 Å². The summed E-state index contributed by atoms with van der Waals surface area (Å²) in [6.45, 7) is 6.31. The van der Waals surface area contributed by atoms with E-state index in [-0.39, 0.29) is 18.0 Å². The van der Waals surface area contributed by atoms with Gasteiger partial charge in [-0.25, -0.2) is 0 Å². The topological polar surface area (TPSA) is 26.3 Å². The third kappa shape index (κ3) is 3.51. The minimum absolute atomic E-state index is 0.0266. The Morgan fingerprint density at radius 1 is 1.27 bits per heavy atom. The number of ether oxygens (including phenoxy) is 1. The van der Waals surface area contributed by atoms with E-state index in [4.69, 9.17) is 4.74 Å². The first-order valence-corrected chi connectivity index (χ1v) is 6.39. The van der Waals surface area contributed by atoms with Crippen molar-refractivity contribution in [2.75, 3.05) is 0 Å². The predicted molar refractivity (Wildman–Crippen MR) is 61.6 cm³/mol. The Labute approximate surface area is 93.4 Å². The zero-order chi connectivity index (χ0) is 11.3. The zero-order valence-corrected chi connectivity index (χ0v) is 10.3. The van der Waals surface area contributed by atoms with Crippen LogP contribution in [0.3, 0.4) is 0 Å². The fraction of sp³-hybridized carbons (Fsp3) is 0.923. The SMILES string of the molecule is CCC(CC)C(=O)O[C@H]1CCCC[C@@H]1C. The molecule has 0 spiro atoms. The van der Waals surface area contributed by atoms with Crippen LogP contribution in [-0.4, -0.2) is 12.1 Å². The van der Waals surface area contributed by atoms with Gasteiger partial charge in [0.05, 0.1) is 5.92 Å². The van der Waals surface area contributed by atoms with Crippen LogP contribution in [0.15, 0.2) is 0 Å². The molecule has 0 bridgehead atoms. The van der Waals surface area contributed by atoms with Gasteiger partial charge in [0.1, 0.15) is 6.10 Å². The van der Waals surface area contributed by atoms with Crippen molar-refractivity contribution in [3.8, 4) is 0 Å². The highest BCUT2D eigenvalue weighted by Gasteiger charge is 2.26. The van der Waals surface area contributed by atoms with Crippen LogP contribution in [-0.2, 0) is 9.53 Å². The largest absolute Gasteiger partial charge is 0.462 e. The van der Waals surface area contributed by atoms with E-state index in [1.165, 1.54) is 19.3 Å². The summed E-state index contributed by atoms with van der Waals surface area (Å²) < 4.78 is 5.61. The van der Waals surface area contributed by atoms with Crippen molar-refractivity contribution in [2.24, 2.45) is 11.8 Å². The molecular weight excluding hydrogens is 188 g/mol. The van der Waals surface area contributed by atoms with E-state index in [9.17, 15) is 4.79 Å². The molecule has 0 radical (unpaired) electrons. The minimum Gasteiger partial charge on any atom is -0.462 e. The van der Waals surface area contributed by atoms with E-state index in [1.807, 2.05) is 0 Å². The number of hydrogen-bond donors (Lipinski definition) is 0. The Kier molecular flexibility index (Phi) is 5.13. The minimum atomic E-state index is 0.0266. The maximum atomic E-state index is 11.8. The van der Waals surface area contributed by atoms with Crippen molar-refractivity contribution in [1.82, 2.24) is 0 Å². The van der Waals surface area contributed by atoms with Crippen molar-refractivity contribution in [1.29, 1.82) is 0 Å². The highest BCUT2D eigenvalue weighted by atomic mass is 16.5. The highest BCUT2D eigenvalue weighted by molar-refractivity contribution is 5.72. The van der Waals surface area contributed by atoms with E-state index in [0.29, 0.717) is 5.92 Å². The lowest BCUT2D eigenvalue weighted by Gasteiger charge is -2.29. The van der Waals surface area contributed by atoms with Crippen molar-refractivity contribution >= 4 is 5.97 Å². The molecule has 0 aromatic carbocycles. The molecule has 1 aliphatic carbocycles. The number of rotatable bonds is 4. The van der Waals surface area contributed by atoms with Crippen LogP contribution in [0.25, 0.3) is 0 Å². The summed E-state index contributed by atoms with van der Waals surface area (Å²) in [5.74, 6) is 0.690. The van der Waals surface area contributed by atoms with Crippen molar-refractivity contribution in [3.63, 3.8) is 0 Å². The Morgan fingerprint density at radius 2 is 1.87 bits per heavy atom. The standard InChI is InChI=1S/C13H24O2/c1-4-11(5-2)13(14)15-12-9-7-6-8-10(12)3/h10-12H,4-9H2,1-3H3/t10-,12-/m0/s1. The molecule has 1 fully saturated rings. The van der Waals surface area contributed by atoms with Gasteiger partial charge in [0.2, 0.25) is 0 Å². The molecule has 2 nitrogen and oxygen atoms in total. The lowest BCUT2D eigenvalue weighted by atomic mass is 9.88. The molecular formula is C13H24O2. The highest BCUT2D eigenvalue weighted by Crippen LogP contribution is 2.27. The first kappa shape index (κ1) is 12.5. The predicted octanol–water partition coefficient (Wildman–Crippen LogP) is 3.54. The van der Waals surface area contributed by atoms with Crippen LogP contribution >= 0.6 is 0 Å². The molecule has 0 aromatic rings. The zero-order valence-electron chi connectivity index (χ0n) is 10.3. The average Bonchev–Trinajstić information content (AvgIpc) is 2.23. The summed E-state index contributed by atoms with van der Waals surface area (Å²) in [5.41, 5.74) is 0. The first-order valence-electron chi connectivity index (χ1n) is 6.39. The maximum Gasteiger partial charge on any atom is 0.309 e. The average molecular weight is 212 g/mol. The van der Waals surface area contributed by atoms with Crippen LogP contribution < -0.4 is 0 Å². The van der Waals surface area contributed by atoms with Crippen LogP contribution in [0.2, 0.25) is 0 Å². The lowest BCUT2D eigenvalue weighted by molar-refractivity contribution is -0.158. The van der Waals surface area contributed by atoms with Crippen molar-refractivity contribution < 1.29 is 9.53 Å². The Morgan fingerprint density at radius 3 is 2.40 bits per heavy atom. The molecule has 88 valence electrons. The molecule has 0 unspecified atom stereocenters. The molecule has 0 heterocycles. The molecule has 0 saturated heterocycles. The van der Waals surface area contributed by atoms with Crippen molar-refractivity contribution in [3.05, 3.63) is 0 Å². The summed E-state index contributed by atoms with van der Waals surface area (Å²) in [7, 11) is 0. The van der Waals surface area contributed by atoms with Gasteiger partial charge in [-0.1, -0.05) is 27.2 Å². The molecule has 0 aromatic heterocycles. The van der Waals surface area contributed by atoms with Crippen LogP contribution in [0.4, 0.5) is 0 Å². The molecule has 2 heteroatoms. The number of carbonyl (C=O) groups excluding carboxylic acids is 1. The fourth-order valence-corrected chi connectivity index (χ4v) is 2.32. The molecule has 0 N–H and O–H groups in total. The summed E-state index contributed by atoms with van der Waals surface area (Å²) in [4.78, 5) is 11.8. The monoisotopic (exact) mass is 212 g/mol. The Hall–Kier alpha value is -0.530.